The van der Waals surface area contributed by atoms with Gasteiger partial charge < -0.3 is 20.4 Å². The zero-order valence-electron chi connectivity index (χ0n) is 15.0. The lowest BCUT2D eigenvalue weighted by molar-refractivity contribution is -0.128. The molecule has 1 aromatic rings. The molecule has 136 valence electrons. The molecule has 0 bridgehead atoms. The van der Waals surface area contributed by atoms with E-state index < -0.39 is 0 Å². The molecule has 7 heteroatoms. The molecule has 25 heavy (non-hydrogen) atoms. The summed E-state index contributed by atoms with van der Waals surface area (Å²) in [6.45, 7) is 3.49. The first-order chi connectivity index (χ1) is 11.8. The maximum Gasteiger partial charge on any atom is 0.229 e. The molecular formula is C18H26N4O3. The number of carbonyl (C=O) groups is 3. The van der Waals surface area contributed by atoms with Crippen molar-refractivity contribution in [1.82, 2.24) is 9.80 Å². The van der Waals surface area contributed by atoms with E-state index in [0.29, 0.717) is 24.5 Å². The van der Waals surface area contributed by atoms with Crippen molar-refractivity contribution in [2.75, 3.05) is 44.4 Å². The summed E-state index contributed by atoms with van der Waals surface area (Å²) < 4.78 is 0. The Morgan fingerprint density at radius 3 is 2.56 bits per heavy atom. The Balaban J connectivity index is 1.89. The number of carbonyl (C=O) groups excluding carboxylic acids is 3. The third kappa shape index (κ3) is 5.86. The molecule has 1 aliphatic rings. The second-order valence-electron chi connectivity index (χ2n) is 6.65. The van der Waals surface area contributed by atoms with E-state index in [1.54, 1.807) is 29.2 Å². The highest BCUT2D eigenvalue weighted by molar-refractivity contribution is 5.98. The molecule has 0 aromatic heterocycles. The fraction of sp³-hybridized carbons (Fsp3) is 0.500. The molecule has 1 fully saturated rings. The first kappa shape index (κ1) is 18.9. The molecule has 2 N–H and O–H groups in total. The second-order valence-corrected chi connectivity index (χ2v) is 6.65. The maximum atomic E-state index is 12.4. The molecule has 1 heterocycles. The first-order valence-electron chi connectivity index (χ1n) is 8.46. The average molecular weight is 346 g/mol. The minimum Gasteiger partial charge on any atom is -0.342 e. The van der Waals surface area contributed by atoms with Crippen LogP contribution in [0.2, 0.25) is 0 Å². The monoisotopic (exact) mass is 346 g/mol. The van der Waals surface area contributed by atoms with Crippen molar-refractivity contribution in [3.63, 3.8) is 0 Å². The van der Waals surface area contributed by atoms with Gasteiger partial charge in [-0.05, 0) is 45.3 Å². The predicted octanol–water partition coefficient (Wildman–Crippen LogP) is 1.38. The minimum atomic E-state index is -0.337. The summed E-state index contributed by atoms with van der Waals surface area (Å²) in [6, 6.07) is 6.97. The highest BCUT2D eigenvalue weighted by Crippen LogP contribution is 2.21. The molecule has 0 radical (unpaired) electrons. The third-order valence-corrected chi connectivity index (χ3v) is 4.07. The molecule has 7 nitrogen and oxygen atoms in total. The van der Waals surface area contributed by atoms with Gasteiger partial charge in [0.1, 0.15) is 0 Å². The van der Waals surface area contributed by atoms with Crippen molar-refractivity contribution in [3.05, 3.63) is 24.3 Å². The molecule has 1 saturated heterocycles. The van der Waals surface area contributed by atoms with Gasteiger partial charge in [-0.1, -0.05) is 6.07 Å². The maximum absolute atomic E-state index is 12.4. The number of nitrogens with one attached hydrogen (secondary N) is 2. The van der Waals surface area contributed by atoms with Gasteiger partial charge in [0.05, 0.1) is 5.92 Å². The molecule has 0 aliphatic carbocycles. The molecule has 0 saturated carbocycles. The van der Waals surface area contributed by atoms with Crippen molar-refractivity contribution in [2.24, 2.45) is 5.92 Å². The first-order valence-corrected chi connectivity index (χ1v) is 8.46. The average Bonchev–Trinajstić information content (AvgIpc) is 2.88. The summed E-state index contributed by atoms with van der Waals surface area (Å²) in [5.41, 5.74) is 1.23. The van der Waals surface area contributed by atoms with E-state index in [9.17, 15) is 14.4 Å². The summed E-state index contributed by atoms with van der Waals surface area (Å²) >= 11 is 0. The van der Waals surface area contributed by atoms with Crippen LogP contribution in [0.3, 0.4) is 0 Å². The number of hydrogen-bond donors (Lipinski definition) is 2. The number of benzene rings is 1. The van der Waals surface area contributed by atoms with Crippen LogP contribution in [-0.4, -0.2) is 61.3 Å². The topological polar surface area (TPSA) is 81.8 Å². The van der Waals surface area contributed by atoms with Gasteiger partial charge in [-0.3, -0.25) is 14.4 Å². The van der Waals surface area contributed by atoms with Crippen LogP contribution in [0.5, 0.6) is 0 Å². The van der Waals surface area contributed by atoms with Crippen molar-refractivity contribution >= 4 is 29.1 Å². The summed E-state index contributed by atoms with van der Waals surface area (Å²) in [5, 5.41) is 5.51. The predicted molar refractivity (Wildman–Crippen MR) is 97.2 cm³/mol. The Morgan fingerprint density at radius 2 is 1.92 bits per heavy atom. The fourth-order valence-electron chi connectivity index (χ4n) is 2.86. The molecule has 0 spiro atoms. The molecular weight excluding hydrogens is 320 g/mol. The van der Waals surface area contributed by atoms with E-state index in [2.05, 4.69) is 15.5 Å². The van der Waals surface area contributed by atoms with E-state index >= 15 is 0 Å². The number of rotatable bonds is 7. The Bertz CT molecular complexity index is 645. The van der Waals surface area contributed by atoms with Crippen molar-refractivity contribution in [3.8, 4) is 0 Å². The Kier molecular flexibility index (Phi) is 6.52. The van der Waals surface area contributed by atoms with Gasteiger partial charge in [0.15, 0.2) is 0 Å². The zero-order valence-corrected chi connectivity index (χ0v) is 15.0. The van der Waals surface area contributed by atoms with Gasteiger partial charge >= 0.3 is 0 Å². The van der Waals surface area contributed by atoms with E-state index in [1.807, 2.05) is 14.1 Å². The molecule has 3 amide bonds. The van der Waals surface area contributed by atoms with E-state index in [1.165, 1.54) is 6.92 Å². The van der Waals surface area contributed by atoms with E-state index in [0.717, 1.165) is 13.0 Å². The van der Waals surface area contributed by atoms with Gasteiger partial charge in [0.2, 0.25) is 17.7 Å². The van der Waals surface area contributed by atoms with Crippen LogP contribution < -0.4 is 10.6 Å². The number of hydrogen-bond acceptors (Lipinski definition) is 4. The molecule has 1 aliphatic heterocycles. The molecule has 1 aromatic carbocycles. The summed E-state index contributed by atoms with van der Waals surface area (Å²) in [4.78, 5) is 39.5. The van der Waals surface area contributed by atoms with E-state index in [-0.39, 0.29) is 30.1 Å². The van der Waals surface area contributed by atoms with Crippen molar-refractivity contribution in [1.29, 1.82) is 0 Å². The Morgan fingerprint density at radius 1 is 1.24 bits per heavy atom. The number of amides is 3. The highest BCUT2D eigenvalue weighted by Gasteiger charge is 2.33. The third-order valence-electron chi connectivity index (χ3n) is 4.07. The lowest BCUT2D eigenvalue weighted by Crippen LogP contribution is -2.30. The Labute approximate surface area is 148 Å². The van der Waals surface area contributed by atoms with Gasteiger partial charge in [0.25, 0.3) is 0 Å². The van der Waals surface area contributed by atoms with Crippen molar-refractivity contribution in [2.45, 2.75) is 19.8 Å². The largest absolute Gasteiger partial charge is 0.342 e. The van der Waals surface area contributed by atoms with Gasteiger partial charge in [0, 0.05) is 37.8 Å². The standard InChI is InChI=1S/C18H26N4O3/c1-13(23)19-15-6-4-7-16(11-15)20-18(25)14-10-17(24)22(12-14)9-5-8-21(2)3/h4,6-7,11,14H,5,8-10,12H2,1-3H3,(H,19,23)(H,20,25). The SMILES string of the molecule is CC(=O)Nc1cccc(NC(=O)C2CC(=O)N(CCCN(C)C)C2)c1. The number of anilines is 2. The minimum absolute atomic E-state index is 0.0332. The lowest BCUT2D eigenvalue weighted by atomic mass is 10.1. The smallest absolute Gasteiger partial charge is 0.229 e. The van der Waals surface area contributed by atoms with Gasteiger partial charge in [-0.25, -0.2) is 0 Å². The van der Waals surface area contributed by atoms with Crippen LogP contribution in [0.1, 0.15) is 19.8 Å². The van der Waals surface area contributed by atoms with Gasteiger partial charge in [-0.2, -0.15) is 0 Å². The molecule has 1 unspecified atom stereocenters. The van der Waals surface area contributed by atoms with E-state index in [4.69, 9.17) is 0 Å². The summed E-state index contributed by atoms with van der Waals surface area (Å²) in [7, 11) is 3.99. The van der Waals surface area contributed by atoms with Crippen molar-refractivity contribution < 1.29 is 14.4 Å². The van der Waals surface area contributed by atoms with Crippen LogP contribution in [0.25, 0.3) is 0 Å². The van der Waals surface area contributed by atoms with Crippen LogP contribution in [0, 0.1) is 5.92 Å². The Hall–Kier alpha value is -2.41. The molecule has 1 atom stereocenters. The van der Waals surface area contributed by atoms with Gasteiger partial charge in [-0.15, -0.1) is 0 Å². The highest BCUT2D eigenvalue weighted by atomic mass is 16.2. The second kappa shape index (κ2) is 8.62. The lowest BCUT2D eigenvalue weighted by Gasteiger charge is -2.18. The molecule has 2 rings (SSSR count). The van der Waals surface area contributed by atoms with Crippen LogP contribution in [0.15, 0.2) is 24.3 Å². The normalized spacial score (nSPS) is 17.0. The van der Waals surface area contributed by atoms with Crippen LogP contribution >= 0.6 is 0 Å². The number of likely N-dealkylation sites (tertiary alicyclic amines) is 1. The fourth-order valence-corrected chi connectivity index (χ4v) is 2.86. The summed E-state index contributed by atoms with van der Waals surface area (Å²) in [5.74, 6) is -0.635. The number of nitrogens with zero attached hydrogens (tertiary/aromatic N) is 2. The van der Waals surface area contributed by atoms with Crippen LogP contribution in [-0.2, 0) is 14.4 Å². The quantitative estimate of drug-likeness (QED) is 0.782. The van der Waals surface area contributed by atoms with Crippen LogP contribution in [0.4, 0.5) is 11.4 Å². The summed E-state index contributed by atoms with van der Waals surface area (Å²) in [6.07, 6.45) is 1.14. The zero-order chi connectivity index (χ0) is 18.4.